The lowest BCUT2D eigenvalue weighted by molar-refractivity contribution is -0.142. The fourth-order valence-corrected chi connectivity index (χ4v) is 3.85. The summed E-state index contributed by atoms with van der Waals surface area (Å²) in [6, 6.07) is 0. The highest BCUT2D eigenvalue weighted by atomic mass is 16.5. The van der Waals surface area contributed by atoms with Gasteiger partial charge in [0.25, 0.3) is 0 Å². The Balaban J connectivity index is 2.02. The maximum atomic E-state index is 11.8. The van der Waals surface area contributed by atoms with Crippen LogP contribution in [0.3, 0.4) is 0 Å². The average molecular weight is 246 g/mol. The normalized spacial score (nSPS) is 39.2. The van der Waals surface area contributed by atoms with Gasteiger partial charge >= 0.3 is 5.97 Å². The minimum atomic E-state index is -0.176. The number of carbonyl (C=O) groups is 2. The fourth-order valence-electron chi connectivity index (χ4n) is 3.85. The Hall–Kier alpha value is -1.38. The van der Waals surface area contributed by atoms with Crippen LogP contribution in [0, 0.1) is 11.3 Å². The molecule has 0 N–H and O–H groups in total. The molecule has 96 valence electrons. The maximum absolute atomic E-state index is 11.8. The first-order chi connectivity index (χ1) is 8.40. The molecular weight excluding hydrogens is 228 g/mol. The molecule has 0 saturated heterocycles. The molecule has 3 atom stereocenters. The SMILES string of the molecule is CC1=CC(=O)C[C@]2(C)C[C@@H]3OC(=O)C(C)=C3C[C@@H]12. The Morgan fingerprint density at radius 1 is 1.33 bits per heavy atom. The van der Waals surface area contributed by atoms with Gasteiger partial charge in [0, 0.05) is 12.0 Å². The number of ketones is 1. The summed E-state index contributed by atoms with van der Waals surface area (Å²) < 4.78 is 5.42. The smallest absolute Gasteiger partial charge is 0.334 e. The van der Waals surface area contributed by atoms with Crippen molar-refractivity contribution in [3.63, 3.8) is 0 Å². The van der Waals surface area contributed by atoms with Gasteiger partial charge in [0.15, 0.2) is 5.78 Å². The molecule has 3 rings (SSSR count). The van der Waals surface area contributed by atoms with E-state index in [4.69, 9.17) is 4.74 Å². The highest BCUT2D eigenvalue weighted by molar-refractivity contribution is 5.93. The van der Waals surface area contributed by atoms with E-state index in [2.05, 4.69) is 6.92 Å². The van der Waals surface area contributed by atoms with Crippen molar-refractivity contribution in [1.82, 2.24) is 0 Å². The van der Waals surface area contributed by atoms with Gasteiger partial charge in [-0.15, -0.1) is 0 Å². The quantitative estimate of drug-likeness (QED) is 0.617. The van der Waals surface area contributed by atoms with E-state index in [9.17, 15) is 9.59 Å². The predicted octanol–water partition coefficient (Wildman–Crippen LogP) is 2.56. The molecule has 18 heavy (non-hydrogen) atoms. The van der Waals surface area contributed by atoms with Crippen molar-refractivity contribution in [2.45, 2.75) is 46.1 Å². The lowest BCUT2D eigenvalue weighted by Gasteiger charge is -2.46. The molecule has 3 aliphatic rings. The van der Waals surface area contributed by atoms with Crippen LogP contribution in [-0.4, -0.2) is 17.9 Å². The molecule has 1 aliphatic heterocycles. The Kier molecular flexibility index (Phi) is 2.31. The second-order valence-electron chi connectivity index (χ2n) is 6.19. The van der Waals surface area contributed by atoms with E-state index in [-0.39, 0.29) is 23.3 Å². The first-order valence-electron chi connectivity index (χ1n) is 6.52. The van der Waals surface area contributed by atoms with Crippen LogP contribution in [0.1, 0.15) is 40.0 Å². The van der Waals surface area contributed by atoms with Gasteiger partial charge in [0.05, 0.1) is 0 Å². The van der Waals surface area contributed by atoms with Crippen LogP contribution in [-0.2, 0) is 14.3 Å². The third-order valence-corrected chi connectivity index (χ3v) is 4.86. The monoisotopic (exact) mass is 246 g/mol. The van der Waals surface area contributed by atoms with Crippen LogP contribution >= 0.6 is 0 Å². The zero-order valence-corrected chi connectivity index (χ0v) is 11.1. The molecule has 1 saturated carbocycles. The predicted molar refractivity (Wildman–Crippen MR) is 66.8 cm³/mol. The van der Waals surface area contributed by atoms with E-state index in [0.717, 1.165) is 29.6 Å². The van der Waals surface area contributed by atoms with Crippen LogP contribution in [0.2, 0.25) is 0 Å². The van der Waals surface area contributed by atoms with Crippen molar-refractivity contribution in [2.75, 3.05) is 0 Å². The molecule has 0 bridgehead atoms. The first kappa shape index (κ1) is 11.7. The van der Waals surface area contributed by atoms with Crippen LogP contribution in [0.25, 0.3) is 0 Å². The molecule has 0 aromatic rings. The summed E-state index contributed by atoms with van der Waals surface area (Å²) in [5.74, 6) is 0.413. The molecule has 3 heteroatoms. The number of esters is 1. The molecule has 2 aliphatic carbocycles. The van der Waals surface area contributed by atoms with Crippen LogP contribution < -0.4 is 0 Å². The number of ether oxygens (including phenoxy) is 1. The zero-order chi connectivity index (χ0) is 13.1. The molecule has 0 unspecified atom stereocenters. The van der Waals surface area contributed by atoms with Gasteiger partial charge in [0.2, 0.25) is 0 Å². The van der Waals surface area contributed by atoms with Crippen LogP contribution in [0.15, 0.2) is 22.8 Å². The number of carbonyl (C=O) groups excluding carboxylic acids is 2. The minimum absolute atomic E-state index is 0.0466. The molecule has 3 nitrogen and oxygen atoms in total. The van der Waals surface area contributed by atoms with Crippen molar-refractivity contribution in [3.8, 4) is 0 Å². The summed E-state index contributed by atoms with van der Waals surface area (Å²) in [6.07, 6.45) is 3.93. The molecule has 0 aromatic carbocycles. The van der Waals surface area contributed by atoms with Gasteiger partial charge in [-0.3, -0.25) is 4.79 Å². The average Bonchev–Trinajstić information content (AvgIpc) is 2.50. The summed E-state index contributed by atoms with van der Waals surface area (Å²) in [7, 11) is 0. The molecule has 0 spiro atoms. The summed E-state index contributed by atoms with van der Waals surface area (Å²) in [4.78, 5) is 23.4. The molecule has 0 amide bonds. The number of allylic oxidation sites excluding steroid dienone is 2. The van der Waals surface area contributed by atoms with Gasteiger partial charge in [0.1, 0.15) is 6.10 Å². The zero-order valence-electron chi connectivity index (χ0n) is 11.1. The Morgan fingerprint density at radius 2 is 2.06 bits per heavy atom. The van der Waals surface area contributed by atoms with E-state index in [1.807, 2.05) is 13.8 Å². The third-order valence-electron chi connectivity index (χ3n) is 4.86. The van der Waals surface area contributed by atoms with E-state index >= 15 is 0 Å². The van der Waals surface area contributed by atoms with E-state index in [0.29, 0.717) is 12.3 Å². The Labute approximate surface area is 107 Å². The van der Waals surface area contributed by atoms with Crippen molar-refractivity contribution in [3.05, 3.63) is 22.8 Å². The number of fused-ring (bicyclic) bond motifs is 2. The van der Waals surface area contributed by atoms with E-state index in [1.54, 1.807) is 6.08 Å². The molecule has 0 aromatic heterocycles. The van der Waals surface area contributed by atoms with Crippen LogP contribution in [0.5, 0.6) is 0 Å². The van der Waals surface area contributed by atoms with Crippen molar-refractivity contribution < 1.29 is 14.3 Å². The van der Waals surface area contributed by atoms with Crippen molar-refractivity contribution >= 4 is 11.8 Å². The summed E-state index contributed by atoms with van der Waals surface area (Å²) in [6.45, 7) is 6.05. The Morgan fingerprint density at radius 3 is 2.78 bits per heavy atom. The maximum Gasteiger partial charge on any atom is 0.334 e. The molecule has 1 heterocycles. The topological polar surface area (TPSA) is 43.4 Å². The van der Waals surface area contributed by atoms with Crippen LogP contribution in [0.4, 0.5) is 0 Å². The minimum Gasteiger partial charge on any atom is -0.454 e. The van der Waals surface area contributed by atoms with Gasteiger partial charge in [-0.25, -0.2) is 4.79 Å². The number of rotatable bonds is 0. The van der Waals surface area contributed by atoms with Gasteiger partial charge < -0.3 is 4.74 Å². The third kappa shape index (κ3) is 1.49. The van der Waals surface area contributed by atoms with Gasteiger partial charge in [-0.1, -0.05) is 12.5 Å². The lowest BCUT2D eigenvalue weighted by Crippen LogP contribution is -2.42. The van der Waals surface area contributed by atoms with Gasteiger partial charge in [-0.05, 0) is 49.7 Å². The highest BCUT2D eigenvalue weighted by Gasteiger charge is 2.49. The highest BCUT2D eigenvalue weighted by Crippen LogP contribution is 2.53. The standard InChI is InChI=1S/C15H18O3/c1-8-4-10(16)6-15(3)7-13-11(5-12(8)15)9(2)14(17)18-13/h4,12-13H,5-7H2,1-3H3/t12-,13-,15+/m0/s1. The molecule has 0 radical (unpaired) electrons. The first-order valence-corrected chi connectivity index (χ1v) is 6.52. The summed E-state index contributed by atoms with van der Waals surface area (Å²) >= 11 is 0. The largest absolute Gasteiger partial charge is 0.454 e. The lowest BCUT2D eigenvalue weighted by atomic mass is 9.58. The van der Waals surface area contributed by atoms with E-state index in [1.165, 1.54) is 0 Å². The molecular formula is C15H18O3. The number of hydrogen-bond donors (Lipinski definition) is 0. The van der Waals surface area contributed by atoms with Gasteiger partial charge in [-0.2, -0.15) is 0 Å². The second kappa shape index (κ2) is 3.56. The van der Waals surface area contributed by atoms with Crippen molar-refractivity contribution in [1.29, 1.82) is 0 Å². The summed E-state index contributed by atoms with van der Waals surface area (Å²) in [5.41, 5.74) is 3.05. The molecule has 1 fully saturated rings. The second-order valence-corrected chi connectivity index (χ2v) is 6.19. The number of hydrogen-bond acceptors (Lipinski definition) is 3. The van der Waals surface area contributed by atoms with E-state index < -0.39 is 0 Å². The van der Waals surface area contributed by atoms with Crippen molar-refractivity contribution in [2.24, 2.45) is 11.3 Å². The fraction of sp³-hybridized carbons (Fsp3) is 0.600. The Bertz CT molecular complexity index is 512. The summed E-state index contributed by atoms with van der Waals surface area (Å²) in [5, 5.41) is 0.